The summed E-state index contributed by atoms with van der Waals surface area (Å²) in [6, 6.07) is 0. The van der Waals surface area contributed by atoms with Crippen molar-refractivity contribution < 1.29 is 9.94 Å². The first-order chi connectivity index (χ1) is 6.82. The Hall–Kier alpha value is -0.120. The van der Waals surface area contributed by atoms with Gasteiger partial charge in [-0.2, -0.15) is 5.06 Å². The lowest BCUT2D eigenvalue weighted by molar-refractivity contribution is -0.204. The maximum absolute atomic E-state index is 9.94. The largest absolute Gasteiger partial charge is 0.376 e. The van der Waals surface area contributed by atoms with Crippen molar-refractivity contribution in [2.75, 3.05) is 6.61 Å². The van der Waals surface area contributed by atoms with E-state index in [0.717, 1.165) is 6.42 Å². The van der Waals surface area contributed by atoms with Gasteiger partial charge in [-0.15, -0.1) is 0 Å². The van der Waals surface area contributed by atoms with Crippen LogP contribution in [-0.2, 0) is 4.74 Å². The highest BCUT2D eigenvalue weighted by molar-refractivity contribution is 5.03. The van der Waals surface area contributed by atoms with Crippen LogP contribution in [0.5, 0.6) is 0 Å². The molecule has 1 fully saturated rings. The first-order valence-electron chi connectivity index (χ1n) is 5.93. The van der Waals surface area contributed by atoms with Crippen LogP contribution in [0.4, 0.5) is 0 Å². The van der Waals surface area contributed by atoms with Crippen LogP contribution in [0.1, 0.15) is 54.9 Å². The minimum atomic E-state index is -0.278. The van der Waals surface area contributed by atoms with Crippen LogP contribution < -0.4 is 0 Å². The van der Waals surface area contributed by atoms with Crippen molar-refractivity contribution in [2.24, 2.45) is 0 Å². The zero-order valence-electron chi connectivity index (χ0n) is 11.3. The van der Waals surface area contributed by atoms with Gasteiger partial charge in [0.25, 0.3) is 0 Å². The summed E-state index contributed by atoms with van der Waals surface area (Å²) < 4.78 is 5.62. The van der Waals surface area contributed by atoms with E-state index in [-0.39, 0.29) is 17.2 Å². The third-order valence-corrected chi connectivity index (χ3v) is 2.96. The number of rotatable bonds is 2. The molecule has 1 aliphatic heterocycles. The molecule has 0 bridgehead atoms. The Morgan fingerprint density at radius 2 is 1.73 bits per heavy atom. The van der Waals surface area contributed by atoms with Gasteiger partial charge >= 0.3 is 0 Å². The Bertz CT molecular complexity index is 190. The second-order valence-corrected chi connectivity index (χ2v) is 4.93. The van der Waals surface area contributed by atoms with E-state index in [9.17, 15) is 5.21 Å². The molecule has 3 nitrogen and oxygen atoms in total. The molecule has 0 aromatic carbocycles. The number of hydrogen-bond acceptors (Lipinski definition) is 3. The molecule has 1 N–H and O–H groups in total. The van der Waals surface area contributed by atoms with E-state index in [1.54, 1.807) is 0 Å². The maximum Gasteiger partial charge on any atom is 0.0794 e. The van der Waals surface area contributed by atoms with Gasteiger partial charge in [-0.05, 0) is 41.0 Å². The van der Waals surface area contributed by atoms with E-state index < -0.39 is 0 Å². The van der Waals surface area contributed by atoms with Crippen LogP contribution in [0.3, 0.4) is 0 Å². The molecule has 0 aromatic heterocycles. The topological polar surface area (TPSA) is 32.7 Å². The smallest absolute Gasteiger partial charge is 0.0794 e. The normalized spacial score (nSPS) is 28.4. The van der Waals surface area contributed by atoms with E-state index in [2.05, 4.69) is 0 Å². The lowest BCUT2D eigenvalue weighted by Crippen LogP contribution is -2.49. The fourth-order valence-corrected chi connectivity index (χ4v) is 2.17. The number of nitrogens with zero attached hydrogens (tertiary/aromatic N) is 1. The summed E-state index contributed by atoms with van der Waals surface area (Å²) in [5, 5.41) is 11.4. The SMILES string of the molecule is CC.CCOC1CC(C)(C)N(O)C1(C)C. The molecule has 1 saturated heterocycles. The third kappa shape index (κ3) is 2.92. The van der Waals surface area contributed by atoms with Crippen molar-refractivity contribution >= 4 is 0 Å². The van der Waals surface area contributed by atoms with Gasteiger partial charge in [-0.3, -0.25) is 0 Å². The molecule has 0 amide bonds. The number of hydrogen-bond donors (Lipinski definition) is 1. The first-order valence-corrected chi connectivity index (χ1v) is 5.93. The van der Waals surface area contributed by atoms with Gasteiger partial charge < -0.3 is 9.94 Å². The highest BCUT2D eigenvalue weighted by atomic mass is 16.5. The lowest BCUT2D eigenvalue weighted by atomic mass is 9.97. The van der Waals surface area contributed by atoms with E-state index >= 15 is 0 Å². The molecule has 0 aromatic rings. The summed E-state index contributed by atoms with van der Waals surface area (Å²) in [6.45, 7) is 14.8. The summed E-state index contributed by atoms with van der Waals surface area (Å²) in [6.07, 6.45) is 1.00. The van der Waals surface area contributed by atoms with Crippen LogP contribution in [0.2, 0.25) is 0 Å². The van der Waals surface area contributed by atoms with Gasteiger partial charge in [0, 0.05) is 12.1 Å². The van der Waals surface area contributed by atoms with Gasteiger partial charge in [0.15, 0.2) is 0 Å². The predicted molar refractivity (Wildman–Crippen MR) is 63.2 cm³/mol. The number of ether oxygens (including phenoxy) is 1. The van der Waals surface area contributed by atoms with Crippen molar-refractivity contribution in [1.82, 2.24) is 5.06 Å². The molecule has 15 heavy (non-hydrogen) atoms. The Balaban J connectivity index is 0.000000921. The lowest BCUT2D eigenvalue weighted by Gasteiger charge is -2.35. The van der Waals surface area contributed by atoms with Crippen LogP contribution in [0, 0.1) is 0 Å². The molecule has 1 aliphatic rings. The molecule has 1 unspecified atom stereocenters. The molecular formula is C12H27NO2. The molecule has 3 heteroatoms. The average Bonchev–Trinajstić information content (AvgIpc) is 2.32. The molecule has 0 spiro atoms. The van der Waals surface area contributed by atoms with Gasteiger partial charge in [0.05, 0.1) is 11.6 Å². The average molecular weight is 217 g/mol. The summed E-state index contributed by atoms with van der Waals surface area (Å²) in [5.41, 5.74) is -0.456. The zero-order chi connectivity index (χ0) is 12.3. The molecular weight excluding hydrogens is 190 g/mol. The second kappa shape index (κ2) is 5.28. The zero-order valence-corrected chi connectivity index (χ0v) is 11.3. The molecule has 92 valence electrons. The molecule has 0 aliphatic carbocycles. The van der Waals surface area contributed by atoms with Crippen molar-refractivity contribution in [2.45, 2.75) is 72.1 Å². The molecule has 0 saturated carbocycles. The molecule has 0 radical (unpaired) electrons. The predicted octanol–water partition coefficient (Wildman–Crippen LogP) is 3.07. The van der Waals surface area contributed by atoms with Crippen molar-refractivity contribution in [3.8, 4) is 0 Å². The highest BCUT2D eigenvalue weighted by Crippen LogP contribution is 2.40. The van der Waals surface area contributed by atoms with Crippen LogP contribution in [0.25, 0.3) is 0 Å². The molecule has 1 rings (SSSR count). The van der Waals surface area contributed by atoms with Crippen molar-refractivity contribution in [3.05, 3.63) is 0 Å². The Morgan fingerprint density at radius 3 is 2.00 bits per heavy atom. The fourth-order valence-electron chi connectivity index (χ4n) is 2.17. The summed E-state index contributed by atoms with van der Waals surface area (Å²) in [5.74, 6) is 0. The first kappa shape index (κ1) is 14.9. The molecule has 1 atom stereocenters. The fraction of sp³-hybridized carbons (Fsp3) is 1.00. The third-order valence-electron chi connectivity index (χ3n) is 2.96. The Labute approximate surface area is 94.4 Å². The van der Waals surface area contributed by atoms with Crippen molar-refractivity contribution in [3.63, 3.8) is 0 Å². The Morgan fingerprint density at radius 1 is 1.27 bits per heavy atom. The van der Waals surface area contributed by atoms with Crippen molar-refractivity contribution in [1.29, 1.82) is 0 Å². The summed E-state index contributed by atoms with van der Waals surface area (Å²) in [7, 11) is 0. The van der Waals surface area contributed by atoms with Gasteiger partial charge in [-0.1, -0.05) is 13.8 Å². The molecule has 1 heterocycles. The number of hydroxylamine groups is 2. The Kier molecular flexibility index (Phi) is 5.24. The van der Waals surface area contributed by atoms with Gasteiger partial charge in [-0.25, -0.2) is 0 Å². The van der Waals surface area contributed by atoms with Crippen LogP contribution in [0.15, 0.2) is 0 Å². The summed E-state index contributed by atoms with van der Waals surface area (Å²) in [4.78, 5) is 0. The van der Waals surface area contributed by atoms with E-state index in [4.69, 9.17) is 4.74 Å². The minimum Gasteiger partial charge on any atom is -0.376 e. The van der Waals surface area contributed by atoms with Crippen LogP contribution >= 0.6 is 0 Å². The van der Waals surface area contributed by atoms with E-state index in [1.165, 1.54) is 5.06 Å². The highest BCUT2D eigenvalue weighted by Gasteiger charge is 2.51. The van der Waals surface area contributed by atoms with E-state index in [1.807, 2.05) is 48.5 Å². The quantitative estimate of drug-likeness (QED) is 0.771. The monoisotopic (exact) mass is 217 g/mol. The van der Waals surface area contributed by atoms with Crippen LogP contribution in [-0.4, -0.2) is 34.1 Å². The van der Waals surface area contributed by atoms with Gasteiger partial charge in [0.2, 0.25) is 0 Å². The standard InChI is InChI=1S/C10H21NO2.C2H6/c1-6-13-8-7-9(2,3)11(12)10(8,4)5;1-2/h8,12H,6-7H2,1-5H3;1-2H3. The minimum absolute atomic E-state index is 0.123. The van der Waals surface area contributed by atoms with E-state index in [0.29, 0.717) is 6.61 Å². The maximum atomic E-state index is 9.94. The second-order valence-electron chi connectivity index (χ2n) is 4.93. The summed E-state index contributed by atoms with van der Waals surface area (Å²) >= 11 is 0. The van der Waals surface area contributed by atoms with Gasteiger partial charge in [0.1, 0.15) is 0 Å².